The second-order valence-corrected chi connectivity index (χ2v) is 4.49. The van der Waals surface area contributed by atoms with Crippen LogP contribution in [0.2, 0.25) is 0 Å². The van der Waals surface area contributed by atoms with Gasteiger partial charge in [0, 0.05) is 19.6 Å². The first-order valence-corrected chi connectivity index (χ1v) is 6.66. The van der Waals surface area contributed by atoms with Crippen molar-refractivity contribution in [2.75, 3.05) is 25.4 Å². The van der Waals surface area contributed by atoms with Crippen molar-refractivity contribution in [3.63, 3.8) is 0 Å². The molecule has 0 aliphatic carbocycles. The van der Waals surface area contributed by atoms with Crippen LogP contribution >= 0.6 is 18.5 Å². The van der Waals surface area contributed by atoms with E-state index in [1.807, 2.05) is 0 Å². The van der Waals surface area contributed by atoms with Gasteiger partial charge in [-0.25, -0.2) is 0 Å². The fourth-order valence-corrected chi connectivity index (χ4v) is 2.21. The number of rotatable bonds is 6. The zero-order chi connectivity index (χ0) is 10.2. The van der Waals surface area contributed by atoms with Crippen LogP contribution in [0, 0.1) is 0 Å². The Hall–Kier alpha value is 0.0400. The highest BCUT2D eigenvalue weighted by Gasteiger charge is 2.02. The summed E-state index contributed by atoms with van der Waals surface area (Å²) in [5.41, 5.74) is 1.41. The lowest BCUT2D eigenvalue weighted by Gasteiger charge is -2.20. The van der Waals surface area contributed by atoms with E-state index in [1.54, 1.807) is 0 Å². The van der Waals surface area contributed by atoms with E-state index in [-0.39, 0.29) is 0 Å². The molecule has 0 saturated carbocycles. The third-order valence-corrected chi connectivity index (χ3v) is 2.66. The Labute approximate surface area is 91.7 Å². The normalized spacial score (nSPS) is 10.8. The predicted octanol–water partition coefficient (Wildman–Crippen LogP) is 2.24. The van der Waals surface area contributed by atoms with Crippen LogP contribution in [0.25, 0.3) is 0 Å². The topological polar surface area (TPSA) is 3.24 Å². The van der Waals surface area contributed by atoms with E-state index in [1.165, 1.54) is 5.56 Å². The average Bonchev–Trinajstić information content (AvgIpc) is 2.20. The zero-order valence-electron chi connectivity index (χ0n) is 8.52. The Morgan fingerprint density at radius 1 is 0.929 bits per heavy atom. The van der Waals surface area contributed by atoms with Crippen LogP contribution in [0.5, 0.6) is 0 Å². The van der Waals surface area contributed by atoms with Crippen molar-refractivity contribution >= 4 is 18.5 Å². The second-order valence-electron chi connectivity index (χ2n) is 3.34. The van der Waals surface area contributed by atoms with Gasteiger partial charge in [-0.2, -0.15) is 0 Å². The predicted molar refractivity (Wildman–Crippen MR) is 70.9 cm³/mol. The monoisotopic (exact) mass is 227 g/mol. The van der Waals surface area contributed by atoms with Crippen molar-refractivity contribution in [1.29, 1.82) is 0 Å². The molecular formula is C11H19NP2. The van der Waals surface area contributed by atoms with Crippen LogP contribution in [0.15, 0.2) is 30.3 Å². The minimum Gasteiger partial charge on any atom is -0.298 e. The van der Waals surface area contributed by atoms with Gasteiger partial charge in [-0.15, -0.1) is 18.5 Å². The van der Waals surface area contributed by atoms with Gasteiger partial charge < -0.3 is 0 Å². The maximum absolute atomic E-state index is 2.79. The lowest BCUT2D eigenvalue weighted by molar-refractivity contribution is 0.301. The van der Waals surface area contributed by atoms with Crippen LogP contribution in [0.4, 0.5) is 0 Å². The molecule has 0 heterocycles. The first-order chi connectivity index (χ1) is 6.86. The molecule has 1 aromatic rings. The Morgan fingerprint density at radius 3 is 2.00 bits per heavy atom. The fourth-order valence-electron chi connectivity index (χ4n) is 1.48. The van der Waals surface area contributed by atoms with E-state index in [4.69, 9.17) is 0 Å². The molecule has 0 fully saturated rings. The van der Waals surface area contributed by atoms with Gasteiger partial charge in [-0.3, -0.25) is 4.90 Å². The van der Waals surface area contributed by atoms with E-state index >= 15 is 0 Å². The smallest absolute Gasteiger partial charge is 0.0234 e. The van der Waals surface area contributed by atoms with Gasteiger partial charge in [0.25, 0.3) is 0 Å². The average molecular weight is 227 g/mol. The maximum atomic E-state index is 2.79. The van der Waals surface area contributed by atoms with Crippen molar-refractivity contribution in [3.05, 3.63) is 35.9 Å². The van der Waals surface area contributed by atoms with E-state index in [0.717, 1.165) is 32.0 Å². The number of benzene rings is 1. The molecule has 14 heavy (non-hydrogen) atoms. The molecule has 0 N–H and O–H groups in total. The van der Waals surface area contributed by atoms with Crippen LogP contribution in [-0.4, -0.2) is 30.3 Å². The summed E-state index contributed by atoms with van der Waals surface area (Å²) < 4.78 is 0. The van der Waals surface area contributed by atoms with Crippen molar-refractivity contribution < 1.29 is 0 Å². The minimum atomic E-state index is 1.07. The van der Waals surface area contributed by atoms with E-state index in [2.05, 4.69) is 53.7 Å². The lowest BCUT2D eigenvalue weighted by atomic mass is 10.2. The molecule has 78 valence electrons. The van der Waals surface area contributed by atoms with Crippen LogP contribution < -0.4 is 0 Å². The number of hydrogen-bond donors (Lipinski definition) is 0. The van der Waals surface area contributed by atoms with Crippen LogP contribution in [-0.2, 0) is 6.54 Å². The first kappa shape index (κ1) is 12.1. The summed E-state index contributed by atoms with van der Waals surface area (Å²) >= 11 is 0. The highest BCUT2D eigenvalue weighted by atomic mass is 31.0. The molecule has 0 amide bonds. The van der Waals surface area contributed by atoms with Gasteiger partial charge in [0.15, 0.2) is 0 Å². The third-order valence-electron chi connectivity index (χ3n) is 2.14. The zero-order valence-corrected chi connectivity index (χ0v) is 10.8. The van der Waals surface area contributed by atoms with Crippen molar-refractivity contribution in [2.24, 2.45) is 0 Å². The molecule has 2 atom stereocenters. The summed E-state index contributed by atoms with van der Waals surface area (Å²) in [6.07, 6.45) is 2.30. The molecule has 1 aromatic carbocycles. The lowest BCUT2D eigenvalue weighted by Crippen LogP contribution is -2.27. The standard InChI is InChI=1S/C11H19NP2/c13-8-6-12(7-9-14)10-11-4-2-1-3-5-11/h1-5H,6-10,13-14H2. The molecule has 2 unspecified atom stereocenters. The van der Waals surface area contributed by atoms with E-state index < -0.39 is 0 Å². The van der Waals surface area contributed by atoms with Gasteiger partial charge in [0.2, 0.25) is 0 Å². The maximum Gasteiger partial charge on any atom is 0.0234 e. The number of hydrogen-bond acceptors (Lipinski definition) is 1. The molecule has 0 radical (unpaired) electrons. The fraction of sp³-hybridized carbons (Fsp3) is 0.455. The van der Waals surface area contributed by atoms with Gasteiger partial charge in [-0.05, 0) is 17.9 Å². The van der Waals surface area contributed by atoms with Crippen LogP contribution in [0.1, 0.15) is 5.56 Å². The highest BCUT2D eigenvalue weighted by Crippen LogP contribution is 2.05. The summed E-state index contributed by atoms with van der Waals surface area (Å²) in [5.74, 6) is 0. The van der Waals surface area contributed by atoms with Crippen molar-refractivity contribution in [3.8, 4) is 0 Å². The Kier molecular flexibility index (Phi) is 6.36. The van der Waals surface area contributed by atoms with Crippen molar-refractivity contribution in [2.45, 2.75) is 6.54 Å². The van der Waals surface area contributed by atoms with Crippen LogP contribution in [0.3, 0.4) is 0 Å². The number of nitrogens with zero attached hydrogens (tertiary/aromatic N) is 1. The highest BCUT2D eigenvalue weighted by molar-refractivity contribution is 7.16. The summed E-state index contributed by atoms with van der Waals surface area (Å²) in [6.45, 7) is 3.39. The summed E-state index contributed by atoms with van der Waals surface area (Å²) in [6, 6.07) is 10.7. The van der Waals surface area contributed by atoms with Gasteiger partial charge in [-0.1, -0.05) is 30.3 Å². The Balaban J connectivity index is 2.46. The quantitative estimate of drug-likeness (QED) is 0.674. The third kappa shape index (κ3) is 4.51. The molecule has 0 saturated heterocycles. The van der Waals surface area contributed by atoms with E-state index in [9.17, 15) is 0 Å². The molecule has 0 bridgehead atoms. The molecule has 0 spiro atoms. The SMILES string of the molecule is PCCN(CCP)Cc1ccccc1. The Bertz CT molecular complexity index is 232. The van der Waals surface area contributed by atoms with Gasteiger partial charge in [0.1, 0.15) is 0 Å². The van der Waals surface area contributed by atoms with E-state index in [0.29, 0.717) is 0 Å². The molecule has 1 rings (SSSR count). The molecular weight excluding hydrogens is 208 g/mol. The Morgan fingerprint density at radius 2 is 1.50 bits per heavy atom. The first-order valence-electron chi connectivity index (χ1n) is 5.03. The molecule has 0 aliphatic rings. The summed E-state index contributed by atoms with van der Waals surface area (Å²) in [7, 11) is 5.58. The summed E-state index contributed by atoms with van der Waals surface area (Å²) in [4.78, 5) is 2.48. The van der Waals surface area contributed by atoms with Gasteiger partial charge >= 0.3 is 0 Å². The summed E-state index contributed by atoms with van der Waals surface area (Å²) in [5, 5.41) is 0. The minimum absolute atomic E-state index is 1.07. The van der Waals surface area contributed by atoms with Crippen molar-refractivity contribution in [1.82, 2.24) is 4.90 Å². The second kappa shape index (κ2) is 7.35. The molecule has 0 aliphatic heterocycles. The largest absolute Gasteiger partial charge is 0.298 e. The van der Waals surface area contributed by atoms with Gasteiger partial charge in [0.05, 0.1) is 0 Å². The molecule has 1 nitrogen and oxygen atoms in total. The molecule has 0 aromatic heterocycles. The molecule has 3 heteroatoms.